The Morgan fingerprint density at radius 1 is 1.25 bits per heavy atom. The molecule has 6 heteroatoms. The van der Waals surface area contributed by atoms with Crippen LogP contribution in [0.5, 0.6) is 0 Å². The summed E-state index contributed by atoms with van der Waals surface area (Å²) < 4.78 is 0. The average Bonchev–Trinajstić information content (AvgIpc) is 3.01. The van der Waals surface area contributed by atoms with Crippen LogP contribution in [0.4, 0.5) is 0 Å². The van der Waals surface area contributed by atoms with E-state index >= 15 is 0 Å². The van der Waals surface area contributed by atoms with E-state index in [0.29, 0.717) is 29.4 Å². The van der Waals surface area contributed by atoms with Gasteiger partial charge in [0.15, 0.2) is 0 Å². The van der Waals surface area contributed by atoms with E-state index < -0.39 is 18.0 Å². The lowest BCUT2D eigenvalue weighted by Gasteiger charge is -2.22. The van der Waals surface area contributed by atoms with E-state index in [1.54, 1.807) is 18.2 Å². The van der Waals surface area contributed by atoms with Gasteiger partial charge in [-0.1, -0.05) is 12.5 Å². The maximum Gasteiger partial charge on any atom is 0.323 e. The summed E-state index contributed by atoms with van der Waals surface area (Å²) in [6.07, 6.45) is 1.32. The van der Waals surface area contributed by atoms with Crippen molar-refractivity contribution >= 4 is 17.0 Å². The van der Waals surface area contributed by atoms with Crippen LogP contribution in [-0.2, 0) is 4.79 Å². The zero-order chi connectivity index (χ0) is 14.3. The van der Waals surface area contributed by atoms with Crippen LogP contribution in [0.2, 0.25) is 0 Å². The molecule has 2 aromatic rings. The monoisotopic (exact) mass is 276 g/mol. The van der Waals surface area contributed by atoms with Gasteiger partial charge in [-0.05, 0) is 30.5 Å². The zero-order valence-electron chi connectivity index (χ0n) is 10.8. The number of rotatable bonds is 3. The minimum Gasteiger partial charge on any atom is -0.481 e. The van der Waals surface area contributed by atoms with Crippen LogP contribution in [0.25, 0.3) is 11.0 Å². The number of carbonyl (C=O) groups is 1. The number of hydrogen-bond donors (Lipinski definition) is 4. The molecule has 1 aromatic heterocycles. The lowest BCUT2D eigenvalue weighted by atomic mass is 9.87. The van der Waals surface area contributed by atoms with Crippen molar-refractivity contribution in [3.8, 4) is 0 Å². The van der Waals surface area contributed by atoms with Crippen molar-refractivity contribution in [3.63, 3.8) is 0 Å². The third kappa shape index (κ3) is 2.12. The summed E-state index contributed by atoms with van der Waals surface area (Å²) in [6, 6.07) is 5.15. The molecule has 0 aliphatic heterocycles. The molecule has 1 fully saturated rings. The number of aliphatic hydroxyl groups is 1. The summed E-state index contributed by atoms with van der Waals surface area (Å²) in [5.41, 5.74) is 1.64. The van der Waals surface area contributed by atoms with Crippen molar-refractivity contribution in [2.45, 2.75) is 25.4 Å². The van der Waals surface area contributed by atoms with E-state index in [2.05, 4.69) is 9.97 Å². The van der Waals surface area contributed by atoms with E-state index in [4.69, 9.17) is 0 Å². The van der Waals surface area contributed by atoms with Gasteiger partial charge in [-0.25, -0.2) is 4.79 Å². The van der Waals surface area contributed by atoms with Crippen molar-refractivity contribution in [1.29, 1.82) is 0 Å². The largest absolute Gasteiger partial charge is 0.481 e. The van der Waals surface area contributed by atoms with Crippen LogP contribution < -0.4 is 5.69 Å². The third-order valence-electron chi connectivity index (χ3n) is 4.17. The number of benzene rings is 1. The summed E-state index contributed by atoms with van der Waals surface area (Å²) in [5, 5.41) is 19.6. The maximum atomic E-state index is 11.2. The molecule has 0 amide bonds. The fourth-order valence-electron chi connectivity index (χ4n) is 3.15. The van der Waals surface area contributed by atoms with E-state index in [0.717, 1.165) is 6.42 Å². The van der Waals surface area contributed by atoms with E-state index in [9.17, 15) is 19.8 Å². The lowest BCUT2D eigenvalue weighted by Crippen LogP contribution is -2.23. The molecule has 1 heterocycles. The molecule has 0 spiro atoms. The molecule has 1 saturated carbocycles. The molecular weight excluding hydrogens is 260 g/mol. The number of aliphatic carboxylic acids is 1. The van der Waals surface area contributed by atoms with Crippen LogP contribution in [-0.4, -0.2) is 26.2 Å². The van der Waals surface area contributed by atoms with E-state index in [1.807, 2.05) is 0 Å². The summed E-state index contributed by atoms with van der Waals surface area (Å²) in [7, 11) is 0. The van der Waals surface area contributed by atoms with Gasteiger partial charge in [0.1, 0.15) is 0 Å². The molecule has 20 heavy (non-hydrogen) atoms. The molecule has 3 unspecified atom stereocenters. The highest BCUT2D eigenvalue weighted by molar-refractivity contribution is 5.75. The number of aromatic nitrogens is 2. The first-order chi connectivity index (χ1) is 9.56. The zero-order valence-corrected chi connectivity index (χ0v) is 10.8. The number of aromatic amines is 2. The number of fused-ring (bicyclic) bond motifs is 1. The smallest absolute Gasteiger partial charge is 0.323 e. The predicted octanol–water partition coefficient (Wildman–Crippen LogP) is 1.39. The number of carboxylic acid groups (broad SMARTS) is 1. The number of imidazole rings is 1. The molecule has 1 aliphatic rings. The number of hydrogen-bond acceptors (Lipinski definition) is 3. The van der Waals surface area contributed by atoms with Crippen LogP contribution in [0, 0.1) is 11.8 Å². The molecule has 106 valence electrons. The van der Waals surface area contributed by atoms with Gasteiger partial charge < -0.3 is 20.2 Å². The van der Waals surface area contributed by atoms with Crippen LogP contribution in [0.15, 0.2) is 23.0 Å². The van der Waals surface area contributed by atoms with E-state index in [-0.39, 0.29) is 11.6 Å². The quantitative estimate of drug-likeness (QED) is 0.679. The standard InChI is InChI=1S/C14H16N2O4/c17-12(8-2-1-3-9(8)13(18)19)7-4-5-10-11(6-7)16-14(20)15-10/h4-6,8-9,12,17H,1-3H2,(H,18,19)(H2,15,16,20). The molecule has 3 atom stereocenters. The summed E-state index contributed by atoms with van der Waals surface area (Å²) in [4.78, 5) is 27.7. The van der Waals surface area contributed by atoms with Crippen molar-refractivity contribution in [2.75, 3.05) is 0 Å². The van der Waals surface area contributed by atoms with E-state index in [1.165, 1.54) is 0 Å². The Balaban J connectivity index is 1.93. The summed E-state index contributed by atoms with van der Waals surface area (Å²) in [5.74, 6) is -1.61. The normalized spacial score (nSPS) is 24.1. The topological polar surface area (TPSA) is 106 Å². The third-order valence-corrected chi connectivity index (χ3v) is 4.17. The highest BCUT2D eigenvalue weighted by atomic mass is 16.4. The molecule has 1 aromatic carbocycles. The Hall–Kier alpha value is -2.08. The average molecular weight is 276 g/mol. The lowest BCUT2D eigenvalue weighted by molar-refractivity contribution is -0.144. The van der Waals surface area contributed by atoms with Crippen molar-refractivity contribution in [3.05, 3.63) is 34.2 Å². The second-order valence-electron chi connectivity index (χ2n) is 5.37. The van der Waals surface area contributed by atoms with Crippen molar-refractivity contribution in [2.24, 2.45) is 11.8 Å². The van der Waals surface area contributed by atoms with Gasteiger partial charge in [0.05, 0.1) is 23.1 Å². The van der Waals surface area contributed by atoms with Crippen molar-refractivity contribution in [1.82, 2.24) is 9.97 Å². The number of carboxylic acids is 1. The molecule has 0 radical (unpaired) electrons. The molecule has 6 nitrogen and oxygen atoms in total. The Labute approximate surface area is 114 Å². The molecular formula is C14H16N2O4. The van der Waals surface area contributed by atoms with Gasteiger partial charge in [0.25, 0.3) is 0 Å². The minimum absolute atomic E-state index is 0.268. The molecule has 4 N–H and O–H groups in total. The Morgan fingerprint density at radius 3 is 2.75 bits per heavy atom. The first kappa shape index (κ1) is 12.9. The maximum absolute atomic E-state index is 11.2. The van der Waals surface area contributed by atoms with Gasteiger partial charge in [-0.15, -0.1) is 0 Å². The molecule has 1 aliphatic carbocycles. The minimum atomic E-state index is -0.845. The number of H-pyrrole nitrogens is 2. The van der Waals surface area contributed by atoms with Gasteiger partial charge in [0, 0.05) is 5.92 Å². The first-order valence-electron chi connectivity index (χ1n) is 6.69. The number of nitrogens with one attached hydrogen (secondary N) is 2. The van der Waals surface area contributed by atoms with Crippen LogP contribution in [0.3, 0.4) is 0 Å². The fourth-order valence-corrected chi connectivity index (χ4v) is 3.15. The molecule has 0 saturated heterocycles. The van der Waals surface area contributed by atoms with Gasteiger partial charge in [-0.3, -0.25) is 4.79 Å². The summed E-state index contributed by atoms with van der Waals surface area (Å²) >= 11 is 0. The first-order valence-corrected chi connectivity index (χ1v) is 6.69. The second kappa shape index (κ2) is 4.79. The highest BCUT2D eigenvalue weighted by Gasteiger charge is 2.38. The second-order valence-corrected chi connectivity index (χ2v) is 5.37. The van der Waals surface area contributed by atoms with Crippen LogP contribution in [0.1, 0.15) is 30.9 Å². The Morgan fingerprint density at radius 2 is 2.00 bits per heavy atom. The SMILES string of the molecule is O=C(O)C1CCCC1C(O)c1ccc2[nH]c(=O)[nH]c2c1. The van der Waals surface area contributed by atoms with Crippen molar-refractivity contribution < 1.29 is 15.0 Å². The summed E-state index contributed by atoms with van der Waals surface area (Å²) in [6.45, 7) is 0. The Kier molecular flexibility index (Phi) is 3.10. The Bertz CT molecular complexity index is 703. The highest BCUT2D eigenvalue weighted by Crippen LogP contribution is 2.40. The number of aliphatic hydroxyl groups excluding tert-OH is 1. The fraction of sp³-hybridized carbons (Fsp3) is 0.429. The van der Waals surface area contributed by atoms with Gasteiger partial charge in [0.2, 0.25) is 0 Å². The predicted molar refractivity (Wildman–Crippen MR) is 72.3 cm³/mol. The van der Waals surface area contributed by atoms with Crippen LogP contribution >= 0.6 is 0 Å². The molecule has 3 rings (SSSR count). The van der Waals surface area contributed by atoms with Gasteiger partial charge >= 0.3 is 11.7 Å². The van der Waals surface area contributed by atoms with Gasteiger partial charge in [-0.2, -0.15) is 0 Å². The molecule has 0 bridgehead atoms.